The predicted molar refractivity (Wildman–Crippen MR) is 124 cm³/mol. The zero-order chi connectivity index (χ0) is 23.7. The van der Waals surface area contributed by atoms with Crippen LogP contribution in [0.1, 0.15) is 41.8 Å². The molecule has 0 radical (unpaired) electrons. The summed E-state index contributed by atoms with van der Waals surface area (Å²) in [6, 6.07) is 11.5. The van der Waals surface area contributed by atoms with Crippen LogP contribution in [0.25, 0.3) is 0 Å². The Hall–Kier alpha value is -2.69. The lowest BCUT2D eigenvalue weighted by atomic mass is 9.92. The van der Waals surface area contributed by atoms with Crippen molar-refractivity contribution in [1.82, 2.24) is 10.8 Å². The van der Waals surface area contributed by atoms with Gasteiger partial charge in [0.1, 0.15) is 11.9 Å². The average molecular weight is 570 g/mol. The van der Waals surface area contributed by atoms with E-state index in [1.807, 2.05) is 6.92 Å². The molecule has 0 heterocycles. The lowest BCUT2D eigenvalue weighted by Crippen LogP contribution is -2.33. The van der Waals surface area contributed by atoms with Crippen molar-refractivity contribution in [3.63, 3.8) is 0 Å². The predicted octanol–water partition coefficient (Wildman–Crippen LogP) is 5.00. The maximum atomic E-state index is 12.5. The Morgan fingerprint density at radius 1 is 1.16 bits per heavy atom. The molecule has 2 rings (SSSR count). The van der Waals surface area contributed by atoms with Gasteiger partial charge in [0, 0.05) is 21.7 Å². The number of aromatic hydroxyl groups is 1. The summed E-state index contributed by atoms with van der Waals surface area (Å²) >= 11 is 6.63. The molecular weight excluding hydrogens is 548 g/mol. The van der Waals surface area contributed by atoms with Gasteiger partial charge in [-0.05, 0) is 59.0 Å². The number of benzene rings is 2. The van der Waals surface area contributed by atoms with E-state index in [9.17, 15) is 19.5 Å². The molecule has 0 saturated carbocycles. The largest absolute Gasteiger partial charge is 0.506 e. The first kappa shape index (κ1) is 25.6. The van der Waals surface area contributed by atoms with Crippen LogP contribution >= 0.6 is 31.9 Å². The van der Waals surface area contributed by atoms with E-state index < -0.39 is 24.0 Å². The molecule has 8 nitrogen and oxygen atoms in total. The van der Waals surface area contributed by atoms with E-state index in [2.05, 4.69) is 37.2 Å². The number of allylic oxidation sites excluding steroid dienone is 1. The summed E-state index contributed by atoms with van der Waals surface area (Å²) in [4.78, 5) is 35.9. The molecular formula is C22H22Br2N2O6. The number of carbonyl (C=O) groups excluding carboxylic acids is 3. The summed E-state index contributed by atoms with van der Waals surface area (Å²) in [5.74, 6) is -1.67. The standard InChI is InChI=1S/C22H22Br2N2O6/c1-13(7-5-6-10-18(27)26-31)20(16-11-15(23)12-17(24)19(16)28)32-22(30)25-21(29)14-8-3-2-4-9-14/h2-4,6,8-13,20,28,31H,5,7H2,1H3,(H,26,27)(H,25,29,30)/b10-6+/t13-,20-/m1/s1. The monoisotopic (exact) mass is 568 g/mol. The van der Waals surface area contributed by atoms with Gasteiger partial charge in [-0.3, -0.25) is 20.1 Å². The molecule has 0 bridgehead atoms. The van der Waals surface area contributed by atoms with Gasteiger partial charge in [-0.15, -0.1) is 0 Å². The SMILES string of the molecule is C[C@H](CC/C=C/C(=O)NO)[C@@H](OC(=O)NC(=O)c1ccccc1)c1cc(Br)cc(Br)c1O. The normalized spacial score (nSPS) is 12.8. The highest BCUT2D eigenvalue weighted by molar-refractivity contribution is 9.11. The van der Waals surface area contributed by atoms with Crippen molar-refractivity contribution in [1.29, 1.82) is 0 Å². The molecule has 0 saturated heterocycles. The number of alkyl carbamates (subject to hydrolysis) is 1. The molecule has 0 aliphatic heterocycles. The summed E-state index contributed by atoms with van der Waals surface area (Å²) in [6.45, 7) is 1.81. The van der Waals surface area contributed by atoms with E-state index in [4.69, 9.17) is 9.94 Å². The van der Waals surface area contributed by atoms with Crippen LogP contribution in [0.5, 0.6) is 5.75 Å². The number of imide groups is 1. The van der Waals surface area contributed by atoms with E-state index in [-0.39, 0.29) is 11.7 Å². The first-order valence-electron chi connectivity index (χ1n) is 9.58. The van der Waals surface area contributed by atoms with Gasteiger partial charge in [0.15, 0.2) is 0 Å². The van der Waals surface area contributed by atoms with Crippen molar-refractivity contribution in [3.05, 3.63) is 74.7 Å². The molecule has 2 aromatic rings. The highest BCUT2D eigenvalue weighted by Crippen LogP contribution is 2.40. The minimum atomic E-state index is -0.957. The summed E-state index contributed by atoms with van der Waals surface area (Å²) in [5.41, 5.74) is 2.15. The van der Waals surface area contributed by atoms with Gasteiger partial charge in [-0.25, -0.2) is 10.3 Å². The molecule has 10 heteroatoms. The summed E-state index contributed by atoms with van der Waals surface area (Å²) in [5, 5.41) is 21.3. The highest BCUT2D eigenvalue weighted by Gasteiger charge is 2.28. The number of phenols is 1. The molecule has 0 fully saturated rings. The van der Waals surface area contributed by atoms with Gasteiger partial charge in [0.2, 0.25) is 0 Å². The maximum absolute atomic E-state index is 12.5. The van der Waals surface area contributed by atoms with Gasteiger partial charge >= 0.3 is 6.09 Å². The first-order chi connectivity index (χ1) is 15.2. The van der Waals surface area contributed by atoms with Gasteiger partial charge in [-0.1, -0.05) is 47.1 Å². The van der Waals surface area contributed by atoms with Crippen molar-refractivity contribution in [2.24, 2.45) is 5.92 Å². The van der Waals surface area contributed by atoms with Crippen LogP contribution in [0.2, 0.25) is 0 Å². The third-order valence-electron chi connectivity index (χ3n) is 4.53. The van der Waals surface area contributed by atoms with Gasteiger partial charge in [0.05, 0.1) is 4.47 Å². The minimum absolute atomic E-state index is 0.0950. The fraction of sp³-hybridized carbons (Fsp3) is 0.227. The fourth-order valence-electron chi connectivity index (χ4n) is 2.93. The number of hydrogen-bond donors (Lipinski definition) is 4. The van der Waals surface area contributed by atoms with E-state index in [1.54, 1.807) is 48.5 Å². The van der Waals surface area contributed by atoms with E-state index >= 15 is 0 Å². The quantitative estimate of drug-likeness (QED) is 0.201. The Bertz CT molecular complexity index is 997. The molecule has 0 unspecified atom stereocenters. The number of hydrogen-bond acceptors (Lipinski definition) is 6. The third-order valence-corrected chi connectivity index (χ3v) is 5.60. The van der Waals surface area contributed by atoms with E-state index in [0.717, 1.165) is 0 Å². The minimum Gasteiger partial charge on any atom is -0.506 e. The third kappa shape index (κ3) is 7.47. The number of hydroxylamine groups is 1. The fourth-order valence-corrected chi connectivity index (χ4v) is 4.18. The Balaban J connectivity index is 2.20. The highest BCUT2D eigenvalue weighted by atomic mass is 79.9. The number of rotatable bonds is 8. The molecule has 2 aromatic carbocycles. The van der Waals surface area contributed by atoms with Gasteiger partial charge < -0.3 is 9.84 Å². The molecule has 170 valence electrons. The zero-order valence-corrected chi connectivity index (χ0v) is 20.2. The summed E-state index contributed by atoms with van der Waals surface area (Å²) < 4.78 is 6.62. The van der Waals surface area contributed by atoms with E-state index in [1.165, 1.54) is 11.6 Å². The van der Waals surface area contributed by atoms with E-state index in [0.29, 0.717) is 32.9 Å². The second-order valence-electron chi connectivity index (χ2n) is 6.90. The number of nitrogens with one attached hydrogen (secondary N) is 2. The van der Waals surface area contributed by atoms with Crippen LogP contribution < -0.4 is 10.8 Å². The topological polar surface area (TPSA) is 125 Å². The summed E-state index contributed by atoms with van der Waals surface area (Å²) in [7, 11) is 0. The lowest BCUT2D eigenvalue weighted by Gasteiger charge is -2.25. The van der Waals surface area contributed by atoms with Crippen molar-refractivity contribution in [2.75, 3.05) is 0 Å². The Labute approximate surface area is 201 Å². The molecule has 0 aliphatic carbocycles. The second-order valence-corrected chi connectivity index (χ2v) is 8.67. The smallest absolute Gasteiger partial charge is 0.414 e. The van der Waals surface area contributed by atoms with Crippen LogP contribution in [0.15, 0.2) is 63.6 Å². The van der Waals surface area contributed by atoms with Gasteiger partial charge in [0.25, 0.3) is 11.8 Å². The molecule has 0 spiro atoms. The van der Waals surface area contributed by atoms with Crippen LogP contribution in [-0.4, -0.2) is 28.2 Å². The average Bonchev–Trinajstić information content (AvgIpc) is 2.77. The number of amides is 3. The van der Waals surface area contributed by atoms with Gasteiger partial charge in [-0.2, -0.15) is 0 Å². The van der Waals surface area contributed by atoms with Crippen molar-refractivity contribution in [3.8, 4) is 5.75 Å². The Morgan fingerprint density at radius 3 is 2.50 bits per heavy atom. The molecule has 3 amide bonds. The van der Waals surface area contributed by atoms with Crippen LogP contribution in [0.4, 0.5) is 4.79 Å². The van der Waals surface area contributed by atoms with Crippen molar-refractivity contribution in [2.45, 2.75) is 25.9 Å². The molecule has 2 atom stereocenters. The van der Waals surface area contributed by atoms with Crippen LogP contribution in [-0.2, 0) is 9.53 Å². The number of halogens is 2. The van der Waals surface area contributed by atoms with Crippen LogP contribution in [0.3, 0.4) is 0 Å². The molecule has 0 aliphatic rings. The van der Waals surface area contributed by atoms with Crippen LogP contribution in [0, 0.1) is 5.92 Å². The van der Waals surface area contributed by atoms with Crippen molar-refractivity contribution < 1.29 is 29.4 Å². The molecule has 32 heavy (non-hydrogen) atoms. The maximum Gasteiger partial charge on any atom is 0.414 e. The zero-order valence-electron chi connectivity index (χ0n) is 17.0. The number of carbonyl (C=O) groups is 3. The molecule has 4 N–H and O–H groups in total. The Kier molecular flexibility index (Phi) is 9.89. The second kappa shape index (κ2) is 12.4. The number of ether oxygens (including phenoxy) is 1. The lowest BCUT2D eigenvalue weighted by molar-refractivity contribution is -0.124. The number of phenolic OH excluding ortho intramolecular Hbond substituents is 1. The molecule has 0 aromatic heterocycles. The van der Waals surface area contributed by atoms with Crippen molar-refractivity contribution >= 4 is 49.8 Å². The summed E-state index contributed by atoms with van der Waals surface area (Å²) in [6.07, 6.45) is 1.81. The Morgan fingerprint density at radius 2 is 1.84 bits per heavy atom. The first-order valence-corrected chi connectivity index (χ1v) is 11.2.